The van der Waals surface area contributed by atoms with Gasteiger partial charge in [0, 0.05) is 18.7 Å². The number of hydrogen-bond acceptors (Lipinski definition) is 4. The summed E-state index contributed by atoms with van der Waals surface area (Å²) in [6, 6.07) is 3.35. The molecule has 0 aromatic heterocycles. The molecule has 1 aliphatic rings. The van der Waals surface area contributed by atoms with E-state index in [0.29, 0.717) is 47.7 Å². The van der Waals surface area contributed by atoms with Crippen LogP contribution in [-0.2, 0) is 4.74 Å². The molecular weight excluding hydrogens is 342 g/mol. The van der Waals surface area contributed by atoms with Crippen molar-refractivity contribution in [1.82, 2.24) is 4.90 Å². The van der Waals surface area contributed by atoms with Crippen LogP contribution in [0.1, 0.15) is 44.5 Å². The quantitative estimate of drug-likeness (QED) is 0.759. The minimum atomic E-state index is -0.0732. The van der Waals surface area contributed by atoms with Crippen LogP contribution in [0.4, 0.5) is 0 Å². The summed E-state index contributed by atoms with van der Waals surface area (Å²) in [6.45, 7) is 9.89. The molecular formula is C19H28ClNO4. The van der Waals surface area contributed by atoms with Crippen LogP contribution in [0.25, 0.3) is 0 Å². The molecule has 0 bridgehead atoms. The third kappa shape index (κ3) is 5.25. The highest BCUT2D eigenvalue weighted by Crippen LogP contribution is 2.37. The first-order valence-corrected chi connectivity index (χ1v) is 9.14. The van der Waals surface area contributed by atoms with Gasteiger partial charge in [0.2, 0.25) is 0 Å². The van der Waals surface area contributed by atoms with E-state index in [-0.39, 0.29) is 18.1 Å². The lowest BCUT2D eigenvalue weighted by Gasteiger charge is -2.35. The average Bonchev–Trinajstić information content (AvgIpc) is 2.54. The Bertz CT molecular complexity index is 595. The number of benzene rings is 1. The summed E-state index contributed by atoms with van der Waals surface area (Å²) in [5.41, 5.74) is 0.499. The fourth-order valence-electron chi connectivity index (χ4n) is 2.91. The Morgan fingerprint density at radius 1 is 1.32 bits per heavy atom. The minimum Gasteiger partial charge on any atom is -0.493 e. The first-order chi connectivity index (χ1) is 11.8. The highest BCUT2D eigenvalue weighted by Gasteiger charge is 2.27. The topological polar surface area (TPSA) is 48.0 Å². The van der Waals surface area contributed by atoms with Crippen LogP contribution in [0.3, 0.4) is 0 Å². The van der Waals surface area contributed by atoms with Crippen LogP contribution in [-0.4, -0.2) is 49.8 Å². The zero-order valence-electron chi connectivity index (χ0n) is 15.7. The van der Waals surface area contributed by atoms with Gasteiger partial charge in [0.05, 0.1) is 30.9 Å². The van der Waals surface area contributed by atoms with Crippen LogP contribution in [0.5, 0.6) is 11.5 Å². The van der Waals surface area contributed by atoms with Gasteiger partial charge in [0.15, 0.2) is 11.5 Å². The van der Waals surface area contributed by atoms with Gasteiger partial charge in [0.1, 0.15) is 0 Å². The average molecular weight is 370 g/mol. The standard InChI is InChI=1S/C19H28ClNO4/c1-12(2)6-7-24-18-16(20)8-15(9-17(18)23-5)19(22)21-10-13(3)25-14(4)11-21/h8-9,12-14H,6-7,10-11H2,1-5H3/t13-,14-/m1/s1. The van der Waals surface area contributed by atoms with Crippen molar-refractivity contribution in [2.75, 3.05) is 26.8 Å². The van der Waals surface area contributed by atoms with Crippen LogP contribution in [0.15, 0.2) is 12.1 Å². The summed E-state index contributed by atoms with van der Waals surface area (Å²) < 4.78 is 16.9. The number of rotatable bonds is 6. The van der Waals surface area contributed by atoms with E-state index >= 15 is 0 Å². The minimum absolute atomic E-state index is 0.0173. The number of halogens is 1. The van der Waals surface area contributed by atoms with Crippen molar-refractivity contribution in [3.8, 4) is 11.5 Å². The number of nitrogens with zero attached hydrogens (tertiary/aromatic N) is 1. The molecule has 2 atom stereocenters. The van der Waals surface area contributed by atoms with Crippen molar-refractivity contribution in [3.63, 3.8) is 0 Å². The summed E-state index contributed by atoms with van der Waals surface area (Å²) in [6.07, 6.45) is 0.955. The summed E-state index contributed by atoms with van der Waals surface area (Å²) >= 11 is 6.37. The molecule has 0 radical (unpaired) electrons. The number of amides is 1. The van der Waals surface area contributed by atoms with Crippen LogP contribution < -0.4 is 9.47 Å². The molecule has 25 heavy (non-hydrogen) atoms. The number of ether oxygens (including phenoxy) is 3. The maximum Gasteiger partial charge on any atom is 0.254 e. The van der Waals surface area contributed by atoms with Crippen LogP contribution >= 0.6 is 11.6 Å². The molecule has 6 heteroatoms. The van der Waals surface area contributed by atoms with E-state index in [9.17, 15) is 4.79 Å². The molecule has 0 saturated carbocycles. The normalized spacial score (nSPS) is 20.7. The van der Waals surface area contributed by atoms with Gasteiger partial charge in [-0.05, 0) is 38.3 Å². The van der Waals surface area contributed by atoms with Crippen molar-refractivity contribution in [2.45, 2.75) is 46.3 Å². The number of methoxy groups -OCH3 is 1. The highest BCUT2D eigenvalue weighted by molar-refractivity contribution is 6.32. The summed E-state index contributed by atoms with van der Waals surface area (Å²) in [4.78, 5) is 14.6. The van der Waals surface area contributed by atoms with Crippen molar-refractivity contribution < 1.29 is 19.0 Å². The second kappa shape index (κ2) is 8.77. The first-order valence-electron chi connectivity index (χ1n) is 8.76. The zero-order valence-corrected chi connectivity index (χ0v) is 16.4. The SMILES string of the molecule is COc1cc(C(=O)N2C[C@@H](C)O[C@H](C)C2)cc(Cl)c1OCCC(C)C. The van der Waals surface area contributed by atoms with Crippen molar-refractivity contribution in [3.05, 3.63) is 22.7 Å². The van der Waals surface area contributed by atoms with Crippen molar-refractivity contribution in [2.24, 2.45) is 5.92 Å². The van der Waals surface area contributed by atoms with Gasteiger partial charge in [0.25, 0.3) is 5.91 Å². The Morgan fingerprint density at radius 2 is 1.96 bits per heavy atom. The van der Waals surface area contributed by atoms with Gasteiger partial charge in [-0.15, -0.1) is 0 Å². The van der Waals surface area contributed by atoms with Gasteiger partial charge in [-0.25, -0.2) is 0 Å². The van der Waals surface area contributed by atoms with Gasteiger partial charge in [-0.1, -0.05) is 25.4 Å². The number of morpholine rings is 1. The van der Waals surface area contributed by atoms with Crippen LogP contribution in [0.2, 0.25) is 5.02 Å². The Balaban J connectivity index is 2.18. The van der Waals surface area contributed by atoms with E-state index in [4.69, 9.17) is 25.8 Å². The second-order valence-corrected chi connectivity index (χ2v) is 7.40. The number of carbonyl (C=O) groups excluding carboxylic acids is 1. The molecule has 0 aliphatic carbocycles. The molecule has 1 aromatic carbocycles. The zero-order chi connectivity index (χ0) is 18.6. The third-order valence-electron chi connectivity index (χ3n) is 4.12. The highest BCUT2D eigenvalue weighted by atomic mass is 35.5. The van der Waals surface area contributed by atoms with Gasteiger partial charge in [-0.3, -0.25) is 4.79 Å². The van der Waals surface area contributed by atoms with Crippen LogP contribution in [0, 0.1) is 5.92 Å². The van der Waals surface area contributed by atoms with E-state index in [2.05, 4.69) is 13.8 Å². The first kappa shape index (κ1) is 19.9. The molecule has 1 heterocycles. The molecule has 0 unspecified atom stereocenters. The molecule has 140 valence electrons. The molecule has 2 rings (SSSR count). The lowest BCUT2D eigenvalue weighted by molar-refractivity contribution is -0.0586. The Labute approximate surface area is 155 Å². The number of hydrogen-bond donors (Lipinski definition) is 0. The Hall–Kier alpha value is -1.46. The van der Waals surface area contributed by atoms with Gasteiger partial charge in [-0.2, -0.15) is 0 Å². The van der Waals surface area contributed by atoms with Gasteiger partial charge >= 0.3 is 0 Å². The van der Waals surface area contributed by atoms with E-state index in [0.717, 1.165) is 6.42 Å². The Kier molecular flexibility index (Phi) is 6.96. The molecule has 0 N–H and O–H groups in total. The maximum absolute atomic E-state index is 12.8. The molecule has 1 aliphatic heterocycles. The molecule has 1 aromatic rings. The largest absolute Gasteiger partial charge is 0.493 e. The number of carbonyl (C=O) groups is 1. The van der Waals surface area contributed by atoms with E-state index in [1.54, 1.807) is 24.1 Å². The molecule has 0 spiro atoms. The van der Waals surface area contributed by atoms with Gasteiger partial charge < -0.3 is 19.1 Å². The fraction of sp³-hybridized carbons (Fsp3) is 0.632. The van der Waals surface area contributed by atoms with E-state index in [1.807, 2.05) is 13.8 Å². The molecule has 1 fully saturated rings. The lowest BCUT2D eigenvalue weighted by atomic mass is 10.1. The summed E-state index contributed by atoms with van der Waals surface area (Å²) in [5, 5.41) is 0.390. The molecule has 1 saturated heterocycles. The maximum atomic E-state index is 12.8. The fourth-order valence-corrected chi connectivity index (χ4v) is 3.17. The van der Waals surface area contributed by atoms with Crippen molar-refractivity contribution in [1.29, 1.82) is 0 Å². The predicted molar refractivity (Wildman–Crippen MR) is 98.9 cm³/mol. The molecule has 5 nitrogen and oxygen atoms in total. The smallest absolute Gasteiger partial charge is 0.254 e. The second-order valence-electron chi connectivity index (χ2n) is 6.99. The van der Waals surface area contributed by atoms with Crippen molar-refractivity contribution >= 4 is 17.5 Å². The van der Waals surface area contributed by atoms with E-state index < -0.39 is 0 Å². The monoisotopic (exact) mass is 369 g/mol. The predicted octanol–water partition coefficient (Wildman–Crippen LogP) is 4.02. The third-order valence-corrected chi connectivity index (χ3v) is 4.41. The van der Waals surface area contributed by atoms with E-state index in [1.165, 1.54) is 0 Å². The summed E-state index contributed by atoms with van der Waals surface area (Å²) in [5.74, 6) is 1.44. The lowest BCUT2D eigenvalue weighted by Crippen LogP contribution is -2.48. The molecule has 1 amide bonds. The Morgan fingerprint density at radius 3 is 2.52 bits per heavy atom. The summed E-state index contributed by atoms with van der Waals surface area (Å²) in [7, 11) is 1.55.